The third-order valence-electron chi connectivity index (χ3n) is 4.43. The van der Waals surface area contributed by atoms with Crippen molar-refractivity contribution in [2.75, 3.05) is 11.8 Å². The normalized spacial score (nSPS) is 11.6. The predicted molar refractivity (Wildman–Crippen MR) is 101 cm³/mol. The van der Waals surface area contributed by atoms with Gasteiger partial charge in [0.2, 0.25) is 5.89 Å². The highest BCUT2D eigenvalue weighted by molar-refractivity contribution is 7.92. The van der Waals surface area contributed by atoms with Crippen LogP contribution in [0, 0.1) is 13.8 Å². The number of methoxy groups -OCH3 is 1. The molecule has 1 aromatic carbocycles. The average molecular weight is 390 g/mol. The van der Waals surface area contributed by atoms with E-state index in [1.54, 1.807) is 49.7 Å². The molecule has 0 aliphatic heterocycles. The number of benzene rings is 1. The molecule has 0 aliphatic rings. The van der Waals surface area contributed by atoms with Crippen LogP contribution < -0.4 is 9.46 Å². The first kappa shape index (κ1) is 19.0. The van der Waals surface area contributed by atoms with E-state index in [4.69, 9.17) is 9.15 Å². The Hall–Kier alpha value is -2.81. The lowest BCUT2D eigenvalue weighted by atomic mass is 10.2. The highest BCUT2D eigenvalue weighted by atomic mass is 32.2. The first-order valence-electron chi connectivity index (χ1n) is 8.44. The summed E-state index contributed by atoms with van der Waals surface area (Å²) in [6.45, 7) is 5.39. The summed E-state index contributed by atoms with van der Waals surface area (Å²) in [4.78, 5) is 0.194. The molecule has 0 amide bonds. The fourth-order valence-corrected chi connectivity index (χ4v) is 4.60. The van der Waals surface area contributed by atoms with Crippen molar-refractivity contribution in [3.05, 3.63) is 41.4 Å². The number of hydrogen-bond acceptors (Lipinski definition) is 6. The van der Waals surface area contributed by atoms with E-state index in [-0.39, 0.29) is 4.90 Å². The Kier molecular flexibility index (Phi) is 4.97. The summed E-state index contributed by atoms with van der Waals surface area (Å²) in [6, 6.07) is 6.76. The molecule has 0 saturated carbocycles. The summed E-state index contributed by atoms with van der Waals surface area (Å²) < 4.78 is 41.3. The van der Waals surface area contributed by atoms with E-state index < -0.39 is 10.0 Å². The second kappa shape index (κ2) is 7.07. The molecule has 9 heteroatoms. The minimum Gasteiger partial charge on any atom is -0.497 e. The minimum absolute atomic E-state index is 0.194. The molecule has 0 unspecified atom stereocenters. The number of ether oxygens (including phenoxy) is 1. The Balaban J connectivity index is 2.06. The van der Waals surface area contributed by atoms with Gasteiger partial charge in [-0.15, -0.1) is 10.2 Å². The van der Waals surface area contributed by atoms with Gasteiger partial charge in [0.1, 0.15) is 16.3 Å². The van der Waals surface area contributed by atoms with E-state index in [2.05, 4.69) is 14.9 Å². The van der Waals surface area contributed by atoms with Gasteiger partial charge in [0.15, 0.2) is 0 Å². The van der Waals surface area contributed by atoms with Gasteiger partial charge >= 0.3 is 0 Å². The fourth-order valence-electron chi connectivity index (χ4n) is 3.04. The molecule has 2 aromatic heterocycles. The minimum atomic E-state index is -3.82. The summed E-state index contributed by atoms with van der Waals surface area (Å²) >= 11 is 0. The molecule has 2 heterocycles. The van der Waals surface area contributed by atoms with Crippen LogP contribution in [0.25, 0.3) is 11.6 Å². The molecule has 144 valence electrons. The molecule has 0 bridgehead atoms. The lowest BCUT2D eigenvalue weighted by Gasteiger charge is -2.10. The number of aromatic nitrogens is 3. The van der Waals surface area contributed by atoms with Gasteiger partial charge in [-0.3, -0.25) is 4.72 Å². The number of aryl methyl sites for hydroxylation is 1. The molecule has 1 N–H and O–H groups in total. The zero-order valence-corrected chi connectivity index (χ0v) is 16.7. The van der Waals surface area contributed by atoms with E-state index in [0.29, 0.717) is 46.6 Å². The van der Waals surface area contributed by atoms with Crippen LogP contribution in [0.15, 0.2) is 33.6 Å². The molecule has 3 aromatic rings. The topological polar surface area (TPSA) is 99.3 Å². The molecule has 8 nitrogen and oxygen atoms in total. The predicted octanol–water partition coefficient (Wildman–Crippen LogP) is 3.06. The fraction of sp³-hybridized carbons (Fsp3) is 0.333. The number of hydrogen-bond donors (Lipinski definition) is 1. The van der Waals surface area contributed by atoms with Crippen molar-refractivity contribution in [3.63, 3.8) is 0 Å². The SMILES string of the molecule is CCc1nnc(-c2c(C)c(S(=O)(=O)Nc3cccc(OC)c3)c(C)n2C)o1. The lowest BCUT2D eigenvalue weighted by Crippen LogP contribution is -2.14. The maximum atomic E-state index is 13.1. The van der Waals surface area contributed by atoms with Gasteiger partial charge in [-0.05, 0) is 26.0 Å². The highest BCUT2D eigenvalue weighted by Gasteiger charge is 2.29. The molecule has 0 fully saturated rings. The molecule has 0 aliphatic carbocycles. The number of anilines is 1. The van der Waals surface area contributed by atoms with Crippen LogP contribution >= 0.6 is 0 Å². The van der Waals surface area contributed by atoms with Crippen molar-refractivity contribution in [1.82, 2.24) is 14.8 Å². The number of rotatable bonds is 6. The van der Waals surface area contributed by atoms with Crippen LogP contribution in [0.4, 0.5) is 5.69 Å². The Bertz CT molecular complexity index is 1080. The van der Waals surface area contributed by atoms with Gasteiger partial charge in [0.05, 0.1) is 12.8 Å². The van der Waals surface area contributed by atoms with Crippen LogP contribution in [0.5, 0.6) is 5.75 Å². The van der Waals surface area contributed by atoms with Gasteiger partial charge in [0.25, 0.3) is 15.9 Å². The standard InChI is InChI=1S/C18H22N4O4S/c1-6-15-19-20-18(26-15)16-11(2)17(12(3)22(16)4)27(23,24)21-13-8-7-9-14(10-13)25-5/h7-10,21H,6H2,1-5H3. The van der Waals surface area contributed by atoms with Crippen molar-refractivity contribution < 1.29 is 17.6 Å². The average Bonchev–Trinajstić information content (AvgIpc) is 3.17. The number of sulfonamides is 1. The van der Waals surface area contributed by atoms with Crippen molar-refractivity contribution in [2.24, 2.45) is 7.05 Å². The summed E-state index contributed by atoms with van der Waals surface area (Å²) in [5.41, 5.74) is 2.14. The van der Waals surface area contributed by atoms with Crippen LogP contribution in [0.3, 0.4) is 0 Å². The van der Waals surface area contributed by atoms with Crippen LogP contribution in [-0.4, -0.2) is 30.3 Å². The molecule has 0 saturated heterocycles. The summed E-state index contributed by atoms with van der Waals surface area (Å²) in [7, 11) is -0.520. The summed E-state index contributed by atoms with van der Waals surface area (Å²) in [6.07, 6.45) is 0.609. The van der Waals surface area contributed by atoms with Crippen LogP contribution in [0.2, 0.25) is 0 Å². The third-order valence-corrected chi connectivity index (χ3v) is 6.07. The third kappa shape index (κ3) is 3.42. The van der Waals surface area contributed by atoms with Gasteiger partial charge < -0.3 is 13.7 Å². The van der Waals surface area contributed by atoms with Crippen molar-refractivity contribution in [1.29, 1.82) is 0 Å². The van der Waals surface area contributed by atoms with Crippen LogP contribution in [-0.2, 0) is 23.5 Å². The molecule has 0 atom stereocenters. The Morgan fingerprint density at radius 2 is 2.00 bits per heavy atom. The van der Waals surface area contributed by atoms with Crippen molar-refractivity contribution in [3.8, 4) is 17.3 Å². The molecule has 3 rings (SSSR count). The van der Waals surface area contributed by atoms with Gasteiger partial charge in [-0.25, -0.2) is 8.42 Å². The molecular weight excluding hydrogens is 368 g/mol. The van der Waals surface area contributed by atoms with E-state index in [9.17, 15) is 8.42 Å². The summed E-state index contributed by atoms with van der Waals surface area (Å²) in [5.74, 6) is 1.37. The van der Waals surface area contributed by atoms with E-state index in [1.165, 1.54) is 7.11 Å². The van der Waals surface area contributed by atoms with Crippen LogP contribution in [0.1, 0.15) is 24.1 Å². The van der Waals surface area contributed by atoms with Gasteiger partial charge in [0, 0.05) is 30.8 Å². The highest BCUT2D eigenvalue weighted by Crippen LogP contribution is 2.33. The van der Waals surface area contributed by atoms with Crippen molar-refractivity contribution in [2.45, 2.75) is 32.1 Å². The monoisotopic (exact) mass is 390 g/mol. The maximum Gasteiger partial charge on any atom is 0.264 e. The van der Waals surface area contributed by atoms with E-state index in [1.807, 2.05) is 6.92 Å². The molecular formula is C18H22N4O4S. The lowest BCUT2D eigenvalue weighted by molar-refractivity contribution is 0.415. The number of nitrogens with zero attached hydrogens (tertiary/aromatic N) is 3. The van der Waals surface area contributed by atoms with E-state index >= 15 is 0 Å². The quantitative estimate of drug-likeness (QED) is 0.694. The Labute approximate surface area is 158 Å². The zero-order chi connectivity index (χ0) is 19.8. The summed E-state index contributed by atoms with van der Waals surface area (Å²) in [5, 5.41) is 8.03. The van der Waals surface area contributed by atoms with Gasteiger partial charge in [-0.1, -0.05) is 13.0 Å². The second-order valence-corrected chi connectivity index (χ2v) is 7.76. The second-order valence-electron chi connectivity index (χ2n) is 6.14. The smallest absolute Gasteiger partial charge is 0.264 e. The molecule has 0 radical (unpaired) electrons. The van der Waals surface area contributed by atoms with Gasteiger partial charge in [-0.2, -0.15) is 0 Å². The molecule has 0 spiro atoms. The molecule has 27 heavy (non-hydrogen) atoms. The number of nitrogens with one attached hydrogen (secondary N) is 1. The first-order valence-corrected chi connectivity index (χ1v) is 9.92. The van der Waals surface area contributed by atoms with Crippen molar-refractivity contribution >= 4 is 15.7 Å². The first-order chi connectivity index (χ1) is 12.8. The Morgan fingerprint density at radius 1 is 1.26 bits per heavy atom. The largest absolute Gasteiger partial charge is 0.497 e. The Morgan fingerprint density at radius 3 is 2.63 bits per heavy atom. The zero-order valence-electron chi connectivity index (χ0n) is 15.9. The maximum absolute atomic E-state index is 13.1. The van der Waals surface area contributed by atoms with E-state index in [0.717, 1.165) is 0 Å².